The minimum atomic E-state index is 0.538. The summed E-state index contributed by atoms with van der Waals surface area (Å²) in [6, 6.07) is 26.6. The molecule has 0 amide bonds. The number of nitrogen functional groups attached to an aromatic ring is 1. The van der Waals surface area contributed by atoms with Crippen molar-refractivity contribution in [3.05, 3.63) is 95.0 Å². The second kappa shape index (κ2) is 8.42. The summed E-state index contributed by atoms with van der Waals surface area (Å²) in [7, 11) is 0. The lowest BCUT2D eigenvalue weighted by Crippen LogP contribution is -2.16. The third-order valence-corrected chi connectivity index (χ3v) is 5.09. The summed E-state index contributed by atoms with van der Waals surface area (Å²) < 4.78 is 0. The molecular formula is C24H22ClN3. The monoisotopic (exact) mass is 387 g/mol. The van der Waals surface area contributed by atoms with Gasteiger partial charge in [-0.3, -0.25) is 0 Å². The van der Waals surface area contributed by atoms with Crippen LogP contribution in [-0.2, 0) is 13.0 Å². The van der Waals surface area contributed by atoms with E-state index in [1.807, 2.05) is 36.4 Å². The van der Waals surface area contributed by atoms with E-state index in [-0.39, 0.29) is 0 Å². The fraction of sp³-hybridized carbons (Fsp3) is 0.125. The predicted octanol–water partition coefficient (Wildman–Crippen LogP) is 5.47. The molecular weight excluding hydrogens is 366 g/mol. The third kappa shape index (κ3) is 4.16. The summed E-state index contributed by atoms with van der Waals surface area (Å²) in [6.07, 6.45) is 0.950. The average Bonchev–Trinajstić information content (AvgIpc) is 2.71. The second-order valence-corrected chi connectivity index (χ2v) is 7.26. The maximum Gasteiger partial charge on any atom is 0.124 e. The van der Waals surface area contributed by atoms with Gasteiger partial charge in [-0.25, -0.2) is 4.98 Å². The van der Waals surface area contributed by atoms with Crippen LogP contribution in [0.5, 0.6) is 0 Å². The van der Waals surface area contributed by atoms with Crippen LogP contribution >= 0.6 is 11.6 Å². The number of hydrogen-bond acceptors (Lipinski definition) is 3. The Bertz CT molecular complexity index is 1110. The summed E-state index contributed by atoms with van der Waals surface area (Å²) in [5.41, 5.74) is 10.4. The van der Waals surface area contributed by atoms with Gasteiger partial charge in [0.15, 0.2) is 0 Å². The van der Waals surface area contributed by atoms with Gasteiger partial charge >= 0.3 is 0 Å². The number of nitrogens with zero attached hydrogens (tertiary/aromatic N) is 1. The van der Waals surface area contributed by atoms with Crippen molar-refractivity contribution in [2.24, 2.45) is 0 Å². The van der Waals surface area contributed by atoms with Crippen molar-refractivity contribution in [1.29, 1.82) is 0 Å². The lowest BCUT2D eigenvalue weighted by Gasteiger charge is -2.12. The maximum absolute atomic E-state index is 6.05. The first-order chi connectivity index (χ1) is 13.7. The van der Waals surface area contributed by atoms with Crippen LogP contribution in [0.2, 0.25) is 5.02 Å². The van der Waals surface area contributed by atoms with E-state index in [2.05, 4.69) is 52.8 Å². The molecule has 0 atom stereocenters. The number of halogens is 1. The molecule has 1 heterocycles. The molecule has 3 nitrogen and oxygen atoms in total. The lowest BCUT2D eigenvalue weighted by molar-refractivity contribution is 0.688. The Balaban J connectivity index is 1.53. The van der Waals surface area contributed by atoms with Crippen molar-refractivity contribution >= 4 is 28.2 Å². The molecule has 0 spiro atoms. The number of anilines is 1. The Morgan fingerprint density at radius 2 is 1.68 bits per heavy atom. The average molecular weight is 388 g/mol. The van der Waals surface area contributed by atoms with Gasteiger partial charge in [0.1, 0.15) is 5.82 Å². The molecule has 0 saturated carbocycles. The number of fused-ring (bicyclic) bond motifs is 1. The molecule has 0 unspecified atom stereocenters. The minimum absolute atomic E-state index is 0.538. The fourth-order valence-electron chi connectivity index (χ4n) is 3.51. The first-order valence-electron chi connectivity index (χ1n) is 9.39. The molecule has 0 aliphatic carbocycles. The SMILES string of the molecule is Nc1cccc(-c2ccc(CCNCc3cccc(Cl)c3)c3ccccc23)n1. The summed E-state index contributed by atoms with van der Waals surface area (Å²) >= 11 is 6.05. The number of hydrogen-bond donors (Lipinski definition) is 2. The van der Waals surface area contributed by atoms with Crippen LogP contribution in [0.25, 0.3) is 22.0 Å². The van der Waals surface area contributed by atoms with Crippen molar-refractivity contribution in [3.8, 4) is 11.3 Å². The van der Waals surface area contributed by atoms with Gasteiger partial charge in [0, 0.05) is 17.1 Å². The summed E-state index contributed by atoms with van der Waals surface area (Å²) in [5, 5.41) is 6.74. The zero-order valence-corrected chi connectivity index (χ0v) is 16.3. The Morgan fingerprint density at radius 3 is 2.50 bits per heavy atom. The van der Waals surface area contributed by atoms with E-state index in [4.69, 9.17) is 17.3 Å². The van der Waals surface area contributed by atoms with Gasteiger partial charge in [-0.15, -0.1) is 0 Å². The number of aromatic nitrogens is 1. The number of benzene rings is 3. The smallest absolute Gasteiger partial charge is 0.124 e. The van der Waals surface area contributed by atoms with Crippen molar-refractivity contribution < 1.29 is 0 Å². The lowest BCUT2D eigenvalue weighted by atomic mass is 9.96. The minimum Gasteiger partial charge on any atom is -0.384 e. The van der Waals surface area contributed by atoms with E-state index in [0.717, 1.165) is 35.8 Å². The van der Waals surface area contributed by atoms with Crippen molar-refractivity contribution in [2.75, 3.05) is 12.3 Å². The van der Waals surface area contributed by atoms with E-state index in [1.54, 1.807) is 0 Å². The van der Waals surface area contributed by atoms with Crippen LogP contribution in [0.3, 0.4) is 0 Å². The highest BCUT2D eigenvalue weighted by Crippen LogP contribution is 2.30. The number of rotatable bonds is 6. The maximum atomic E-state index is 6.05. The molecule has 0 aliphatic heterocycles. The summed E-state index contributed by atoms with van der Waals surface area (Å²) in [4.78, 5) is 4.49. The largest absolute Gasteiger partial charge is 0.384 e. The Hall–Kier alpha value is -2.88. The topological polar surface area (TPSA) is 50.9 Å². The first kappa shape index (κ1) is 18.5. The molecule has 0 aliphatic rings. The van der Waals surface area contributed by atoms with Crippen molar-refractivity contribution in [1.82, 2.24) is 10.3 Å². The van der Waals surface area contributed by atoms with Crippen LogP contribution < -0.4 is 11.1 Å². The Labute approximate surface area is 170 Å². The van der Waals surface area contributed by atoms with E-state index in [1.165, 1.54) is 21.9 Å². The van der Waals surface area contributed by atoms with Gasteiger partial charge in [0.05, 0.1) is 5.69 Å². The van der Waals surface area contributed by atoms with Gasteiger partial charge in [0.2, 0.25) is 0 Å². The molecule has 4 rings (SSSR count). The highest BCUT2D eigenvalue weighted by molar-refractivity contribution is 6.30. The Kier molecular flexibility index (Phi) is 5.56. The standard InChI is InChI=1S/C24H22ClN3/c25-19-6-3-5-17(15-19)16-27-14-13-18-11-12-22(21-8-2-1-7-20(18)21)23-9-4-10-24(26)28-23/h1-12,15,27H,13-14,16H2,(H2,26,28). The van der Waals surface area contributed by atoms with Crippen molar-refractivity contribution in [2.45, 2.75) is 13.0 Å². The van der Waals surface area contributed by atoms with Crippen LogP contribution in [0.4, 0.5) is 5.82 Å². The molecule has 0 saturated heterocycles. The molecule has 4 aromatic rings. The van der Waals surface area contributed by atoms with Gasteiger partial charge in [-0.1, -0.05) is 66.2 Å². The first-order valence-corrected chi connectivity index (χ1v) is 9.77. The predicted molar refractivity (Wildman–Crippen MR) is 118 cm³/mol. The normalized spacial score (nSPS) is 11.0. The van der Waals surface area contributed by atoms with Gasteiger partial charge in [-0.05, 0) is 59.1 Å². The van der Waals surface area contributed by atoms with Gasteiger partial charge in [-0.2, -0.15) is 0 Å². The summed E-state index contributed by atoms with van der Waals surface area (Å²) in [5.74, 6) is 0.538. The van der Waals surface area contributed by atoms with Crippen LogP contribution in [-0.4, -0.2) is 11.5 Å². The van der Waals surface area contributed by atoms with Crippen LogP contribution in [0.15, 0.2) is 78.9 Å². The number of pyridine rings is 1. The molecule has 28 heavy (non-hydrogen) atoms. The number of nitrogens with one attached hydrogen (secondary N) is 1. The molecule has 0 fully saturated rings. The second-order valence-electron chi connectivity index (χ2n) is 6.82. The van der Waals surface area contributed by atoms with Gasteiger partial charge in [0.25, 0.3) is 0 Å². The Morgan fingerprint density at radius 1 is 0.857 bits per heavy atom. The fourth-order valence-corrected chi connectivity index (χ4v) is 3.72. The van der Waals surface area contributed by atoms with E-state index >= 15 is 0 Å². The van der Waals surface area contributed by atoms with Crippen molar-refractivity contribution in [3.63, 3.8) is 0 Å². The van der Waals surface area contributed by atoms with Gasteiger partial charge < -0.3 is 11.1 Å². The van der Waals surface area contributed by atoms with E-state index in [0.29, 0.717) is 5.82 Å². The molecule has 3 aromatic carbocycles. The zero-order valence-electron chi connectivity index (χ0n) is 15.5. The number of nitrogens with two attached hydrogens (primary N) is 1. The molecule has 0 bridgehead atoms. The molecule has 4 heteroatoms. The molecule has 1 aromatic heterocycles. The quantitative estimate of drug-likeness (QED) is 0.431. The molecule has 140 valence electrons. The zero-order chi connectivity index (χ0) is 19.3. The molecule has 0 radical (unpaired) electrons. The van der Waals surface area contributed by atoms with E-state index < -0.39 is 0 Å². The molecule has 3 N–H and O–H groups in total. The van der Waals surface area contributed by atoms with E-state index in [9.17, 15) is 0 Å². The van der Waals surface area contributed by atoms with Crippen LogP contribution in [0.1, 0.15) is 11.1 Å². The van der Waals surface area contributed by atoms with Crippen LogP contribution in [0, 0.1) is 0 Å². The summed E-state index contributed by atoms with van der Waals surface area (Å²) in [6.45, 7) is 1.70. The highest BCUT2D eigenvalue weighted by Gasteiger charge is 2.09. The highest BCUT2D eigenvalue weighted by atomic mass is 35.5. The third-order valence-electron chi connectivity index (χ3n) is 4.85.